The van der Waals surface area contributed by atoms with Gasteiger partial charge in [-0.1, -0.05) is 0 Å². The molecule has 2 rings (SSSR count). The van der Waals surface area contributed by atoms with Gasteiger partial charge in [-0.2, -0.15) is 0 Å². The molecule has 1 aliphatic rings. The Bertz CT molecular complexity index is 676. The van der Waals surface area contributed by atoms with Gasteiger partial charge in [0.15, 0.2) is 0 Å². The van der Waals surface area contributed by atoms with Gasteiger partial charge in [-0.15, -0.1) is 4.83 Å². The van der Waals surface area contributed by atoms with Crippen molar-refractivity contribution in [3.05, 3.63) is 24.3 Å². The zero-order valence-corrected chi connectivity index (χ0v) is 15.0. The summed E-state index contributed by atoms with van der Waals surface area (Å²) in [4.78, 5) is 15.7. The van der Waals surface area contributed by atoms with Crippen molar-refractivity contribution in [2.75, 3.05) is 20.2 Å². The zero-order chi connectivity index (χ0) is 18.0. The third kappa shape index (κ3) is 4.83. The maximum Gasteiger partial charge on any atom is 0.410 e. The quantitative estimate of drug-likeness (QED) is 0.766. The van der Waals surface area contributed by atoms with Crippen molar-refractivity contribution in [3.8, 4) is 5.75 Å². The summed E-state index contributed by atoms with van der Waals surface area (Å²) in [5.41, 5.74) is 2.17. The smallest absolute Gasteiger partial charge is 0.410 e. The second-order valence-corrected chi connectivity index (χ2v) is 8.19. The lowest BCUT2D eigenvalue weighted by molar-refractivity contribution is 0.00482. The third-order valence-corrected chi connectivity index (χ3v) is 4.58. The van der Waals surface area contributed by atoms with E-state index in [1.807, 2.05) is 0 Å². The SMILES string of the molecule is COc1ccc(S(=O)(=O)NNC2CN(C(=O)OC(C)(C)C)C2)cc1. The van der Waals surface area contributed by atoms with E-state index in [0.29, 0.717) is 18.8 Å². The van der Waals surface area contributed by atoms with Crippen molar-refractivity contribution < 1.29 is 22.7 Å². The number of sulfonamides is 1. The van der Waals surface area contributed by atoms with Crippen molar-refractivity contribution >= 4 is 16.1 Å². The molecule has 1 aromatic carbocycles. The van der Waals surface area contributed by atoms with Gasteiger partial charge in [-0.3, -0.25) is 0 Å². The lowest BCUT2D eigenvalue weighted by atomic mass is 10.1. The van der Waals surface area contributed by atoms with E-state index < -0.39 is 21.7 Å². The van der Waals surface area contributed by atoms with Crippen LogP contribution in [0.1, 0.15) is 20.8 Å². The highest BCUT2D eigenvalue weighted by atomic mass is 32.2. The Morgan fingerprint density at radius 2 is 1.79 bits per heavy atom. The summed E-state index contributed by atoms with van der Waals surface area (Å²) in [6.45, 7) is 6.14. The Hall–Kier alpha value is -1.84. The maximum absolute atomic E-state index is 12.2. The molecular weight excluding hydrogens is 334 g/mol. The molecule has 1 fully saturated rings. The third-order valence-electron chi connectivity index (χ3n) is 3.30. The summed E-state index contributed by atoms with van der Waals surface area (Å²) < 4.78 is 34.5. The number of nitrogens with one attached hydrogen (secondary N) is 2. The normalized spacial score (nSPS) is 15.8. The van der Waals surface area contributed by atoms with E-state index >= 15 is 0 Å². The topological polar surface area (TPSA) is 97.0 Å². The lowest BCUT2D eigenvalue weighted by Gasteiger charge is -2.39. The highest BCUT2D eigenvalue weighted by Crippen LogP contribution is 2.16. The van der Waals surface area contributed by atoms with Crippen LogP contribution in [0.5, 0.6) is 5.75 Å². The van der Waals surface area contributed by atoms with Gasteiger partial charge in [0.25, 0.3) is 10.0 Å². The summed E-state index contributed by atoms with van der Waals surface area (Å²) >= 11 is 0. The van der Waals surface area contributed by atoms with E-state index in [1.54, 1.807) is 32.9 Å². The number of amides is 1. The van der Waals surface area contributed by atoms with Crippen molar-refractivity contribution in [2.24, 2.45) is 0 Å². The predicted octanol–water partition coefficient (Wildman–Crippen LogP) is 1.10. The Balaban J connectivity index is 1.81. The van der Waals surface area contributed by atoms with Crippen molar-refractivity contribution in [1.29, 1.82) is 0 Å². The molecule has 1 aromatic rings. The molecule has 0 saturated carbocycles. The molecule has 9 heteroatoms. The molecule has 0 aromatic heterocycles. The van der Waals surface area contributed by atoms with E-state index in [9.17, 15) is 13.2 Å². The number of hydrazine groups is 1. The number of rotatable bonds is 5. The second kappa shape index (κ2) is 6.96. The van der Waals surface area contributed by atoms with Gasteiger partial charge in [0.05, 0.1) is 18.0 Å². The van der Waals surface area contributed by atoms with E-state index in [2.05, 4.69) is 10.3 Å². The Morgan fingerprint density at radius 3 is 2.29 bits per heavy atom. The number of nitrogens with zero attached hydrogens (tertiary/aromatic N) is 1. The molecule has 2 N–H and O–H groups in total. The van der Waals surface area contributed by atoms with E-state index in [-0.39, 0.29) is 10.9 Å². The molecule has 0 aliphatic carbocycles. The number of hydrogen-bond donors (Lipinski definition) is 2. The van der Waals surface area contributed by atoms with Gasteiger partial charge in [-0.05, 0) is 45.0 Å². The Labute approximate surface area is 142 Å². The van der Waals surface area contributed by atoms with Crippen LogP contribution < -0.4 is 15.0 Å². The standard InChI is InChI=1S/C15H23N3O5S/c1-15(2,3)23-14(19)18-9-11(10-18)16-17-24(20,21)13-7-5-12(22-4)6-8-13/h5-8,11,16-17H,9-10H2,1-4H3. The minimum Gasteiger partial charge on any atom is -0.497 e. The first-order valence-electron chi connectivity index (χ1n) is 7.50. The zero-order valence-electron chi connectivity index (χ0n) is 14.2. The van der Waals surface area contributed by atoms with Crippen LogP contribution in [-0.2, 0) is 14.8 Å². The summed E-state index contributed by atoms with van der Waals surface area (Å²) in [7, 11) is -2.16. The van der Waals surface area contributed by atoms with Crippen LogP contribution >= 0.6 is 0 Å². The lowest BCUT2D eigenvalue weighted by Crippen LogP contribution is -2.63. The number of ether oxygens (including phenoxy) is 2. The molecule has 0 radical (unpaired) electrons. The van der Waals surface area contributed by atoms with Crippen LogP contribution in [0.3, 0.4) is 0 Å². The summed E-state index contributed by atoms with van der Waals surface area (Å²) in [6.07, 6.45) is -0.404. The fourth-order valence-electron chi connectivity index (χ4n) is 2.02. The van der Waals surface area contributed by atoms with Gasteiger partial charge in [0.1, 0.15) is 11.4 Å². The van der Waals surface area contributed by atoms with E-state index in [4.69, 9.17) is 9.47 Å². The highest BCUT2D eigenvalue weighted by Gasteiger charge is 2.34. The maximum atomic E-state index is 12.2. The largest absolute Gasteiger partial charge is 0.497 e. The Kier molecular flexibility index (Phi) is 5.36. The molecule has 134 valence electrons. The van der Waals surface area contributed by atoms with Gasteiger partial charge in [-0.25, -0.2) is 18.6 Å². The summed E-state index contributed by atoms with van der Waals surface area (Å²) in [5.74, 6) is 0.578. The van der Waals surface area contributed by atoms with Crippen LogP contribution in [-0.4, -0.2) is 51.3 Å². The van der Waals surface area contributed by atoms with Crippen LogP contribution in [0, 0.1) is 0 Å². The average Bonchev–Trinajstić information content (AvgIpc) is 2.43. The van der Waals surface area contributed by atoms with Crippen molar-refractivity contribution in [2.45, 2.75) is 37.3 Å². The number of hydrogen-bond acceptors (Lipinski definition) is 6. The second-order valence-electron chi connectivity index (χ2n) is 6.51. The van der Waals surface area contributed by atoms with Crippen LogP contribution in [0.15, 0.2) is 29.2 Å². The van der Waals surface area contributed by atoms with E-state index in [1.165, 1.54) is 24.1 Å². The molecular formula is C15H23N3O5S. The van der Waals surface area contributed by atoms with Gasteiger partial charge in [0, 0.05) is 13.1 Å². The predicted molar refractivity (Wildman–Crippen MR) is 88.0 cm³/mol. The number of methoxy groups -OCH3 is 1. The average molecular weight is 357 g/mol. The van der Waals surface area contributed by atoms with Gasteiger partial charge in [0.2, 0.25) is 0 Å². The fraction of sp³-hybridized carbons (Fsp3) is 0.533. The molecule has 0 spiro atoms. The molecule has 1 amide bonds. The summed E-state index contributed by atoms with van der Waals surface area (Å²) in [6, 6.07) is 5.89. The monoisotopic (exact) mass is 357 g/mol. The highest BCUT2D eigenvalue weighted by molar-refractivity contribution is 7.89. The molecule has 0 bridgehead atoms. The van der Waals surface area contributed by atoms with Gasteiger partial charge >= 0.3 is 6.09 Å². The molecule has 0 atom stereocenters. The number of carbonyl (C=O) groups excluding carboxylic acids is 1. The molecule has 1 saturated heterocycles. The van der Waals surface area contributed by atoms with Crippen molar-refractivity contribution in [3.63, 3.8) is 0 Å². The van der Waals surface area contributed by atoms with Gasteiger partial charge < -0.3 is 14.4 Å². The molecule has 1 aliphatic heterocycles. The first-order valence-corrected chi connectivity index (χ1v) is 8.98. The van der Waals surface area contributed by atoms with Crippen LogP contribution in [0.4, 0.5) is 4.79 Å². The minimum absolute atomic E-state index is 0.124. The Morgan fingerprint density at radius 1 is 1.21 bits per heavy atom. The molecule has 0 unspecified atom stereocenters. The van der Waals surface area contributed by atoms with Crippen LogP contribution in [0.25, 0.3) is 0 Å². The first-order chi connectivity index (χ1) is 11.1. The number of benzene rings is 1. The van der Waals surface area contributed by atoms with Crippen molar-refractivity contribution in [1.82, 2.24) is 15.2 Å². The molecule has 24 heavy (non-hydrogen) atoms. The number of likely N-dealkylation sites (tertiary alicyclic amines) is 1. The minimum atomic E-state index is -3.67. The number of carbonyl (C=O) groups is 1. The summed E-state index contributed by atoms with van der Waals surface area (Å²) in [5, 5.41) is 0. The molecule has 1 heterocycles. The van der Waals surface area contributed by atoms with Crippen LogP contribution in [0.2, 0.25) is 0 Å². The first kappa shape index (κ1) is 18.5. The molecule has 8 nitrogen and oxygen atoms in total. The van der Waals surface area contributed by atoms with E-state index in [0.717, 1.165) is 0 Å². The fourth-order valence-corrected chi connectivity index (χ4v) is 2.95.